The summed E-state index contributed by atoms with van der Waals surface area (Å²) in [6.45, 7) is 0.415. The number of benzene rings is 2. The second-order valence-electron chi connectivity index (χ2n) is 7.42. The van der Waals surface area contributed by atoms with Crippen molar-refractivity contribution in [2.45, 2.75) is 24.8 Å². The summed E-state index contributed by atoms with van der Waals surface area (Å²) in [5.41, 5.74) is 2.82. The van der Waals surface area contributed by atoms with Crippen molar-refractivity contribution in [3.63, 3.8) is 0 Å². The third kappa shape index (κ3) is 3.38. The normalized spacial score (nSPS) is 14.5. The zero-order valence-electron chi connectivity index (χ0n) is 16.0. The average Bonchev–Trinajstić information content (AvgIpc) is 3.38. The lowest BCUT2D eigenvalue weighted by Crippen LogP contribution is -2.34. The molecule has 2 N–H and O–H groups in total. The van der Waals surface area contributed by atoms with Gasteiger partial charge in [-0.2, -0.15) is 0 Å². The third-order valence-electron chi connectivity index (χ3n) is 5.27. The molecule has 0 aliphatic heterocycles. The maximum Gasteiger partial charge on any atom is 0.190 e. The van der Waals surface area contributed by atoms with Gasteiger partial charge in [0.2, 0.25) is 0 Å². The Labute approximate surface area is 163 Å². The van der Waals surface area contributed by atoms with Gasteiger partial charge in [-0.15, -0.1) is 0 Å². The molecule has 0 saturated heterocycles. The zero-order valence-corrected chi connectivity index (χ0v) is 16.0. The Balaban J connectivity index is 1.55. The minimum Gasteiger partial charge on any atom is -0.360 e. The largest absolute Gasteiger partial charge is 0.360 e. The first kappa shape index (κ1) is 18.2. The predicted molar refractivity (Wildman–Crippen MR) is 107 cm³/mol. The highest BCUT2D eigenvalue weighted by molar-refractivity contribution is 5.75. The van der Waals surface area contributed by atoms with Crippen molar-refractivity contribution in [2.24, 2.45) is 0 Å². The molecule has 1 saturated carbocycles. The van der Waals surface area contributed by atoms with Crippen molar-refractivity contribution in [1.29, 1.82) is 5.41 Å². The maximum atomic E-state index is 14.8. The lowest BCUT2D eigenvalue weighted by atomic mass is 9.91. The van der Waals surface area contributed by atoms with E-state index >= 15 is 0 Å². The number of aromatic nitrogens is 1. The van der Waals surface area contributed by atoms with E-state index in [2.05, 4.69) is 10.5 Å². The fourth-order valence-electron chi connectivity index (χ4n) is 3.42. The van der Waals surface area contributed by atoms with Gasteiger partial charge in [-0.3, -0.25) is 5.41 Å². The maximum absolute atomic E-state index is 14.8. The molecular weight excluding hydrogens is 355 g/mol. The molecule has 2 aromatic carbocycles. The first-order valence-electron chi connectivity index (χ1n) is 9.31. The van der Waals surface area contributed by atoms with Crippen molar-refractivity contribution < 1.29 is 8.91 Å². The van der Waals surface area contributed by atoms with E-state index in [4.69, 9.17) is 9.93 Å². The summed E-state index contributed by atoms with van der Waals surface area (Å²) in [5, 5.41) is 14.9. The van der Waals surface area contributed by atoms with Gasteiger partial charge in [-0.1, -0.05) is 47.6 Å². The van der Waals surface area contributed by atoms with E-state index in [9.17, 15) is 4.39 Å². The SMILES string of the molecule is CN(C)C(=N)NCc1cc(C2(c3ccc(-c4ccccc4)c(F)c3)CC2)on1. The van der Waals surface area contributed by atoms with E-state index in [0.29, 0.717) is 18.1 Å². The highest BCUT2D eigenvalue weighted by Gasteiger charge is 2.49. The highest BCUT2D eigenvalue weighted by Crippen LogP contribution is 2.54. The van der Waals surface area contributed by atoms with Crippen LogP contribution in [-0.2, 0) is 12.0 Å². The van der Waals surface area contributed by atoms with Crippen molar-refractivity contribution in [3.8, 4) is 11.1 Å². The Morgan fingerprint density at radius 2 is 1.93 bits per heavy atom. The van der Waals surface area contributed by atoms with Crippen LogP contribution in [0.15, 0.2) is 59.1 Å². The van der Waals surface area contributed by atoms with Crippen LogP contribution < -0.4 is 5.32 Å². The average molecular weight is 378 g/mol. The molecule has 4 rings (SSSR count). The van der Waals surface area contributed by atoms with Gasteiger partial charge in [0.1, 0.15) is 17.3 Å². The molecule has 1 aliphatic rings. The summed E-state index contributed by atoms with van der Waals surface area (Å²) in [5.74, 6) is 0.840. The summed E-state index contributed by atoms with van der Waals surface area (Å²) in [6.07, 6.45) is 1.82. The van der Waals surface area contributed by atoms with Crippen LogP contribution in [0, 0.1) is 11.2 Å². The highest BCUT2D eigenvalue weighted by atomic mass is 19.1. The van der Waals surface area contributed by atoms with E-state index < -0.39 is 0 Å². The van der Waals surface area contributed by atoms with Crippen LogP contribution in [0.3, 0.4) is 0 Å². The number of hydrogen-bond donors (Lipinski definition) is 2. The Bertz CT molecular complexity index is 993. The van der Waals surface area contributed by atoms with Crippen molar-refractivity contribution in [3.05, 3.63) is 77.4 Å². The van der Waals surface area contributed by atoms with E-state index in [1.807, 2.05) is 48.5 Å². The van der Waals surface area contributed by atoms with Crippen LogP contribution in [0.25, 0.3) is 11.1 Å². The molecule has 0 atom stereocenters. The van der Waals surface area contributed by atoms with Gasteiger partial charge in [-0.25, -0.2) is 4.39 Å². The monoisotopic (exact) mass is 378 g/mol. The zero-order chi connectivity index (χ0) is 19.7. The third-order valence-corrected chi connectivity index (χ3v) is 5.27. The second kappa shape index (κ2) is 7.11. The number of nitrogens with one attached hydrogen (secondary N) is 2. The molecular formula is C22H23FN4O. The molecule has 1 fully saturated rings. The minimum atomic E-state index is -0.295. The Morgan fingerprint density at radius 3 is 2.57 bits per heavy atom. The number of nitrogens with zero attached hydrogens (tertiary/aromatic N) is 2. The Morgan fingerprint density at radius 1 is 1.18 bits per heavy atom. The lowest BCUT2D eigenvalue weighted by molar-refractivity contribution is 0.360. The van der Waals surface area contributed by atoms with Gasteiger partial charge in [0.15, 0.2) is 5.96 Å². The van der Waals surface area contributed by atoms with Gasteiger partial charge in [0.25, 0.3) is 0 Å². The number of halogens is 1. The quantitative estimate of drug-likeness (QED) is 0.517. The topological polar surface area (TPSA) is 65.2 Å². The van der Waals surface area contributed by atoms with Gasteiger partial charge < -0.3 is 14.7 Å². The molecule has 5 nitrogen and oxygen atoms in total. The molecule has 0 amide bonds. The van der Waals surface area contributed by atoms with Crippen LogP contribution in [0.5, 0.6) is 0 Å². The fraction of sp³-hybridized carbons (Fsp3) is 0.273. The first-order valence-corrected chi connectivity index (χ1v) is 9.31. The molecule has 28 heavy (non-hydrogen) atoms. The fourth-order valence-corrected chi connectivity index (χ4v) is 3.42. The molecule has 0 unspecified atom stereocenters. The first-order chi connectivity index (χ1) is 13.5. The summed E-state index contributed by atoms with van der Waals surface area (Å²) in [6, 6.07) is 16.9. The molecule has 3 aromatic rings. The molecule has 6 heteroatoms. The van der Waals surface area contributed by atoms with Crippen molar-refractivity contribution in [1.82, 2.24) is 15.4 Å². The second-order valence-corrected chi connectivity index (χ2v) is 7.42. The van der Waals surface area contributed by atoms with Crippen molar-refractivity contribution >= 4 is 5.96 Å². The molecule has 0 spiro atoms. The van der Waals surface area contributed by atoms with E-state index in [1.165, 1.54) is 0 Å². The number of rotatable bonds is 5. The van der Waals surface area contributed by atoms with Crippen LogP contribution >= 0.6 is 0 Å². The standard InChI is InChI=1S/C22H23FN4O/c1-27(2)21(24)25-14-17-13-20(28-26-17)22(10-11-22)16-8-9-18(19(23)12-16)15-6-4-3-5-7-15/h3-9,12-13H,10-11,14H2,1-2H3,(H2,24,25). The lowest BCUT2D eigenvalue weighted by Gasteiger charge is -2.14. The van der Waals surface area contributed by atoms with Crippen LogP contribution in [0.1, 0.15) is 29.9 Å². The molecule has 1 aromatic heterocycles. The van der Waals surface area contributed by atoms with E-state index in [-0.39, 0.29) is 11.2 Å². The minimum absolute atomic E-state index is 0.226. The van der Waals surface area contributed by atoms with E-state index in [1.54, 1.807) is 25.1 Å². The summed E-state index contributed by atoms with van der Waals surface area (Å²) in [7, 11) is 3.60. The predicted octanol–water partition coefficient (Wildman–Crippen LogP) is 4.15. The van der Waals surface area contributed by atoms with Crippen molar-refractivity contribution in [2.75, 3.05) is 14.1 Å². The summed E-state index contributed by atoms with van der Waals surface area (Å²) >= 11 is 0. The van der Waals surface area contributed by atoms with Gasteiger partial charge in [0.05, 0.1) is 12.0 Å². The van der Waals surface area contributed by atoms with Gasteiger partial charge in [0, 0.05) is 25.7 Å². The summed E-state index contributed by atoms with van der Waals surface area (Å²) in [4.78, 5) is 1.68. The Hall–Kier alpha value is -3.15. The molecule has 144 valence electrons. The van der Waals surface area contributed by atoms with Gasteiger partial charge in [-0.05, 0) is 30.0 Å². The van der Waals surface area contributed by atoms with Crippen LogP contribution in [-0.4, -0.2) is 30.1 Å². The molecule has 0 bridgehead atoms. The van der Waals surface area contributed by atoms with Crippen LogP contribution in [0.2, 0.25) is 0 Å². The number of hydrogen-bond acceptors (Lipinski definition) is 3. The smallest absolute Gasteiger partial charge is 0.190 e. The van der Waals surface area contributed by atoms with Gasteiger partial charge >= 0.3 is 0 Å². The van der Waals surface area contributed by atoms with E-state index in [0.717, 1.165) is 35.4 Å². The molecule has 1 aliphatic carbocycles. The van der Waals surface area contributed by atoms with Crippen LogP contribution in [0.4, 0.5) is 4.39 Å². The Kier molecular flexibility index (Phi) is 4.63. The molecule has 0 radical (unpaired) electrons. The molecule has 1 heterocycles. The number of guanidine groups is 1. The summed E-state index contributed by atoms with van der Waals surface area (Å²) < 4.78 is 20.4.